The van der Waals surface area contributed by atoms with Gasteiger partial charge >= 0.3 is 0 Å². The molecule has 0 saturated carbocycles. The predicted octanol–water partition coefficient (Wildman–Crippen LogP) is 3.39. The fourth-order valence-electron chi connectivity index (χ4n) is 2.45. The lowest BCUT2D eigenvalue weighted by molar-refractivity contribution is 0.704. The molecule has 0 unspecified atom stereocenters. The highest BCUT2D eigenvalue weighted by Gasteiger charge is 2.09. The number of nitrogens with two attached hydrogens (primary N) is 1. The maximum absolute atomic E-state index is 5.72. The first-order valence-electron chi connectivity index (χ1n) is 7.16. The molecular formula is C16H24N2S. The first kappa shape index (κ1) is 14.1. The van der Waals surface area contributed by atoms with Crippen LogP contribution in [0.15, 0.2) is 23.3 Å². The van der Waals surface area contributed by atoms with Gasteiger partial charge in [-0.05, 0) is 49.3 Å². The minimum absolute atomic E-state index is 0. The van der Waals surface area contributed by atoms with Crippen LogP contribution in [0, 0.1) is 0 Å². The smallest absolute Gasteiger partial charge is 0.181 e. The highest BCUT2D eigenvalue weighted by atomic mass is 32.1. The molecule has 0 fully saturated rings. The number of anilines is 1. The molecule has 3 heteroatoms. The summed E-state index contributed by atoms with van der Waals surface area (Å²) in [7, 11) is 0. The van der Waals surface area contributed by atoms with E-state index < -0.39 is 0 Å². The van der Waals surface area contributed by atoms with Crippen molar-refractivity contribution in [2.75, 3.05) is 5.73 Å². The Kier molecular flexibility index (Phi) is 4.97. The molecule has 0 aromatic carbocycles. The fourth-order valence-corrected chi connectivity index (χ4v) is 3.20. The van der Waals surface area contributed by atoms with Crippen molar-refractivity contribution in [2.45, 2.75) is 46.0 Å². The van der Waals surface area contributed by atoms with Crippen LogP contribution in [-0.2, 0) is 0 Å². The molecule has 0 amide bonds. The summed E-state index contributed by atoms with van der Waals surface area (Å²) in [6, 6.07) is 0. The van der Waals surface area contributed by atoms with Gasteiger partial charge in [-0.1, -0.05) is 43.4 Å². The number of allylic oxidation sites excluding steroid dienone is 4. The number of nitrogens with zero attached hydrogens (tertiary/aromatic N) is 1. The standard InChI is InChI=1S/C14H16N2S.C2H6.H2/c15-14-16-12-8-6-11(7-9-13(12)17-14)10-4-2-1-3-5-10;1-2;/h4,6,8-9H,1-3,5,7H2,(H2,15,16);1-2H3;1H. The van der Waals surface area contributed by atoms with Crippen molar-refractivity contribution >= 4 is 28.6 Å². The average Bonchev–Trinajstić information content (AvgIpc) is 2.71. The summed E-state index contributed by atoms with van der Waals surface area (Å²) in [5.74, 6) is 0. The van der Waals surface area contributed by atoms with Gasteiger partial charge in [0.1, 0.15) is 0 Å². The Morgan fingerprint density at radius 1 is 1.16 bits per heavy atom. The molecule has 0 aliphatic heterocycles. The normalized spacial score (nSPS) is 17.6. The Morgan fingerprint density at radius 2 is 2.00 bits per heavy atom. The number of hydrogen-bond acceptors (Lipinski definition) is 3. The van der Waals surface area contributed by atoms with Crippen molar-refractivity contribution in [2.24, 2.45) is 0 Å². The van der Waals surface area contributed by atoms with Crippen molar-refractivity contribution < 1.29 is 1.43 Å². The van der Waals surface area contributed by atoms with E-state index in [4.69, 9.17) is 5.73 Å². The summed E-state index contributed by atoms with van der Waals surface area (Å²) in [5, 5.41) is 1.69. The van der Waals surface area contributed by atoms with E-state index in [-0.39, 0.29) is 1.43 Å². The lowest BCUT2D eigenvalue weighted by Gasteiger charge is -2.14. The average molecular weight is 276 g/mol. The molecule has 2 nitrogen and oxygen atoms in total. The van der Waals surface area contributed by atoms with Gasteiger partial charge in [0.05, 0.1) is 9.88 Å². The number of rotatable bonds is 1. The number of hydrogen-bond donors (Lipinski definition) is 1. The topological polar surface area (TPSA) is 38.9 Å². The van der Waals surface area contributed by atoms with Crippen LogP contribution in [0.25, 0.3) is 12.2 Å². The van der Waals surface area contributed by atoms with Gasteiger partial charge in [0.2, 0.25) is 0 Å². The number of aromatic nitrogens is 1. The molecule has 104 valence electrons. The number of fused-ring (bicyclic) bond motifs is 1. The minimum atomic E-state index is 0. The van der Waals surface area contributed by atoms with E-state index in [0.29, 0.717) is 5.13 Å². The highest BCUT2D eigenvalue weighted by molar-refractivity contribution is 7.13. The van der Waals surface area contributed by atoms with Crippen molar-refractivity contribution in [1.29, 1.82) is 0 Å². The molecule has 0 saturated heterocycles. The van der Waals surface area contributed by atoms with Crippen LogP contribution in [0.4, 0.5) is 5.13 Å². The zero-order chi connectivity index (χ0) is 13.7. The van der Waals surface area contributed by atoms with Gasteiger partial charge in [-0.2, -0.15) is 0 Å². The molecule has 1 aromatic rings. The molecule has 0 radical (unpaired) electrons. The van der Waals surface area contributed by atoms with Crippen LogP contribution >= 0.6 is 11.3 Å². The Hall–Kier alpha value is -1.35. The van der Waals surface area contributed by atoms with Crippen LogP contribution in [0.3, 0.4) is 0 Å². The van der Waals surface area contributed by atoms with Crippen LogP contribution in [0.2, 0.25) is 0 Å². The van der Waals surface area contributed by atoms with Crippen LogP contribution in [0.1, 0.15) is 47.4 Å². The zero-order valence-corrected chi connectivity index (χ0v) is 12.6. The summed E-state index contributed by atoms with van der Waals surface area (Å²) in [4.78, 5) is 4.34. The molecule has 0 atom stereocenters. The van der Waals surface area contributed by atoms with Crippen molar-refractivity contribution in [3.8, 4) is 0 Å². The second-order valence-electron chi connectivity index (χ2n) is 4.54. The zero-order valence-electron chi connectivity index (χ0n) is 11.8. The third-order valence-electron chi connectivity index (χ3n) is 3.35. The quantitative estimate of drug-likeness (QED) is 0.854. The van der Waals surface area contributed by atoms with E-state index in [1.807, 2.05) is 13.8 Å². The van der Waals surface area contributed by atoms with Crippen molar-refractivity contribution in [1.82, 2.24) is 4.98 Å². The van der Waals surface area contributed by atoms with E-state index in [1.54, 1.807) is 11.3 Å². The Balaban J connectivity index is 0.000000639. The molecule has 1 heterocycles. The van der Waals surface area contributed by atoms with Gasteiger partial charge in [0.15, 0.2) is 5.13 Å². The second kappa shape index (κ2) is 6.71. The molecular weight excluding hydrogens is 252 g/mol. The van der Waals surface area contributed by atoms with E-state index in [1.165, 1.54) is 41.4 Å². The van der Waals surface area contributed by atoms with Gasteiger partial charge < -0.3 is 5.73 Å². The number of nitrogen functional groups attached to an aromatic ring is 1. The summed E-state index contributed by atoms with van der Waals surface area (Å²) in [5.41, 5.74) is 8.71. The Labute approximate surface area is 120 Å². The number of thiazole rings is 1. The molecule has 0 spiro atoms. The minimum Gasteiger partial charge on any atom is -0.375 e. The molecule has 2 aliphatic carbocycles. The maximum Gasteiger partial charge on any atom is 0.181 e. The van der Waals surface area contributed by atoms with Gasteiger partial charge in [-0.25, -0.2) is 4.98 Å². The summed E-state index contributed by atoms with van der Waals surface area (Å²) < 4.78 is 1.21. The molecule has 3 rings (SSSR count). The van der Waals surface area contributed by atoms with Crippen LogP contribution in [-0.4, -0.2) is 4.98 Å². The predicted molar refractivity (Wildman–Crippen MR) is 87.4 cm³/mol. The molecule has 0 bridgehead atoms. The SMILES string of the molecule is CC.Nc1nc2c(s1)=CCC(C1=CCCCC1)=CC=2.[HH]. The molecule has 19 heavy (non-hydrogen) atoms. The monoisotopic (exact) mass is 276 g/mol. The van der Waals surface area contributed by atoms with Gasteiger partial charge in [-0.15, -0.1) is 0 Å². The molecule has 1 aromatic heterocycles. The van der Waals surface area contributed by atoms with E-state index >= 15 is 0 Å². The summed E-state index contributed by atoms with van der Waals surface area (Å²) >= 11 is 1.58. The Bertz CT molecular complexity index is 611. The highest BCUT2D eigenvalue weighted by Crippen LogP contribution is 2.26. The molecule has 2 aliphatic rings. The maximum atomic E-state index is 5.72. The lowest BCUT2D eigenvalue weighted by atomic mass is 9.92. The van der Waals surface area contributed by atoms with Gasteiger partial charge in [0, 0.05) is 1.43 Å². The van der Waals surface area contributed by atoms with E-state index in [9.17, 15) is 0 Å². The molecule has 2 N–H and O–H groups in total. The third kappa shape index (κ3) is 3.35. The summed E-state index contributed by atoms with van der Waals surface area (Å²) in [6.45, 7) is 4.00. The first-order valence-corrected chi connectivity index (χ1v) is 7.97. The lowest BCUT2D eigenvalue weighted by Crippen LogP contribution is -2.19. The summed E-state index contributed by atoms with van der Waals surface area (Å²) in [6.07, 6.45) is 15.1. The van der Waals surface area contributed by atoms with Crippen LogP contribution < -0.4 is 15.6 Å². The largest absolute Gasteiger partial charge is 0.375 e. The van der Waals surface area contributed by atoms with Crippen molar-refractivity contribution in [3.63, 3.8) is 0 Å². The van der Waals surface area contributed by atoms with Gasteiger partial charge in [-0.3, -0.25) is 0 Å². The van der Waals surface area contributed by atoms with Crippen LogP contribution in [0.5, 0.6) is 0 Å². The fraction of sp³-hybridized carbons (Fsp3) is 0.438. The van der Waals surface area contributed by atoms with Crippen molar-refractivity contribution in [3.05, 3.63) is 33.2 Å². The van der Waals surface area contributed by atoms with Gasteiger partial charge in [0.25, 0.3) is 0 Å². The Morgan fingerprint density at radius 3 is 2.74 bits per heavy atom. The third-order valence-corrected chi connectivity index (χ3v) is 4.25. The van der Waals surface area contributed by atoms with E-state index in [2.05, 4.69) is 29.3 Å². The first-order chi connectivity index (χ1) is 9.33. The van der Waals surface area contributed by atoms with E-state index in [0.717, 1.165) is 11.8 Å². The second-order valence-corrected chi connectivity index (χ2v) is 5.61.